The van der Waals surface area contributed by atoms with Gasteiger partial charge in [0, 0.05) is 32.1 Å². The number of nitrogens with zero attached hydrogens (tertiary/aromatic N) is 2. The molecule has 1 aromatic rings. The van der Waals surface area contributed by atoms with Crippen LogP contribution in [-0.4, -0.2) is 42.6 Å². The molecule has 1 heterocycles. The van der Waals surface area contributed by atoms with E-state index in [1.54, 1.807) is 17.4 Å². The number of carbonyl (C=O) groups is 1. The van der Waals surface area contributed by atoms with Gasteiger partial charge in [0.25, 0.3) is 5.91 Å². The number of aromatic nitrogens is 1. The van der Waals surface area contributed by atoms with Gasteiger partial charge in [0.05, 0.1) is 6.61 Å². The number of hydrogen-bond acceptors (Lipinski definition) is 5. The highest BCUT2D eigenvalue weighted by Gasteiger charge is 2.19. The molecule has 1 aromatic heterocycles. The molecule has 0 atom stereocenters. The highest BCUT2D eigenvalue weighted by Crippen LogP contribution is 2.12. The van der Waals surface area contributed by atoms with Crippen LogP contribution in [0.3, 0.4) is 0 Å². The van der Waals surface area contributed by atoms with Gasteiger partial charge in [-0.1, -0.05) is 13.8 Å². The predicted octanol–water partition coefficient (Wildman–Crippen LogP) is 1.77. The van der Waals surface area contributed by atoms with Gasteiger partial charge in [-0.25, -0.2) is 4.98 Å². The Morgan fingerprint density at radius 3 is 2.74 bits per heavy atom. The lowest BCUT2D eigenvalue weighted by molar-refractivity contribution is 0.0667. The number of ether oxygens (including phenoxy) is 1. The largest absolute Gasteiger partial charge is 0.383 e. The van der Waals surface area contributed by atoms with Gasteiger partial charge >= 0.3 is 0 Å². The fraction of sp³-hybridized carbons (Fsp3) is 0.667. The van der Waals surface area contributed by atoms with E-state index in [0.29, 0.717) is 37.9 Å². The molecule has 0 unspecified atom stereocenters. The summed E-state index contributed by atoms with van der Waals surface area (Å²) in [7, 11) is 1.63. The topological polar surface area (TPSA) is 68.5 Å². The molecule has 0 saturated carbocycles. The molecule has 110 valence electrons. The first-order valence-electron chi connectivity index (χ1n) is 6.01. The van der Waals surface area contributed by atoms with E-state index in [1.165, 1.54) is 11.3 Å². The van der Waals surface area contributed by atoms with Crippen molar-refractivity contribution in [3.8, 4) is 0 Å². The summed E-state index contributed by atoms with van der Waals surface area (Å²) in [6.07, 6.45) is 0. The van der Waals surface area contributed by atoms with E-state index in [2.05, 4.69) is 18.8 Å². The Morgan fingerprint density at radius 2 is 2.26 bits per heavy atom. The van der Waals surface area contributed by atoms with Crippen LogP contribution in [0.5, 0.6) is 0 Å². The van der Waals surface area contributed by atoms with E-state index in [4.69, 9.17) is 10.5 Å². The summed E-state index contributed by atoms with van der Waals surface area (Å²) in [5.74, 6) is 0.370. The van der Waals surface area contributed by atoms with Crippen LogP contribution in [0.15, 0.2) is 5.38 Å². The molecule has 0 aliphatic carbocycles. The maximum Gasteiger partial charge on any atom is 0.273 e. The first kappa shape index (κ1) is 18.3. The Balaban J connectivity index is 0.00000324. The van der Waals surface area contributed by atoms with E-state index in [-0.39, 0.29) is 18.3 Å². The lowest BCUT2D eigenvalue weighted by Gasteiger charge is -2.23. The second-order valence-corrected chi connectivity index (χ2v) is 5.41. The zero-order chi connectivity index (χ0) is 13.5. The molecule has 1 rings (SSSR count). The Labute approximate surface area is 124 Å². The number of methoxy groups -OCH3 is 1. The summed E-state index contributed by atoms with van der Waals surface area (Å²) in [5, 5.41) is 2.56. The Bertz CT molecular complexity index is 385. The van der Waals surface area contributed by atoms with Crippen molar-refractivity contribution in [1.29, 1.82) is 0 Å². The third kappa shape index (κ3) is 5.86. The number of thiazole rings is 1. The van der Waals surface area contributed by atoms with E-state index >= 15 is 0 Å². The molecule has 0 spiro atoms. The number of hydrogen-bond donors (Lipinski definition) is 1. The number of amides is 1. The Hall–Kier alpha value is -0.690. The van der Waals surface area contributed by atoms with E-state index in [1.807, 2.05) is 0 Å². The van der Waals surface area contributed by atoms with Gasteiger partial charge in [0.15, 0.2) is 0 Å². The summed E-state index contributed by atoms with van der Waals surface area (Å²) in [6, 6.07) is 0. The lowest BCUT2D eigenvalue weighted by atomic mass is 10.2. The predicted molar refractivity (Wildman–Crippen MR) is 79.9 cm³/mol. The minimum atomic E-state index is -0.0447. The molecule has 0 aliphatic rings. The SMILES string of the molecule is COCCN(CC(C)C)C(=O)c1csc(CN)n1.Cl. The monoisotopic (exact) mass is 307 g/mol. The Morgan fingerprint density at radius 1 is 1.58 bits per heavy atom. The summed E-state index contributed by atoms with van der Waals surface area (Å²) < 4.78 is 5.03. The normalized spacial score (nSPS) is 10.4. The maximum absolute atomic E-state index is 12.3. The van der Waals surface area contributed by atoms with Crippen LogP contribution in [0.1, 0.15) is 29.3 Å². The van der Waals surface area contributed by atoms with Crippen molar-refractivity contribution < 1.29 is 9.53 Å². The minimum Gasteiger partial charge on any atom is -0.383 e. The van der Waals surface area contributed by atoms with Crippen LogP contribution in [0.25, 0.3) is 0 Å². The minimum absolute atomic E-state index is 0. The Kier molecular flexibility index (Phi) is 8.92. The van der Waals surface area contributed by atoms with Gasteiger partial charge in [0.1, 0.15) is 10.7 Å². The van der Waals surface area contributed by atoms with Crippen LogP contribution in [0, 0.1) is 5.92 Å². The van der Waals surface area contributed by atoms with Crippen molar-refractivity contribution in [1.82, 2.24) is 9.88 Å². The van der Waals surface area contributed by atoms with Crippen LogP contribution in [-0.2, 0) is 11.3 Å². The quantitative estimate of drug-likeness (QED) is 0.833. The number of halogens is 1. The van der Waals surface area contributed by atoms with Crippen molar-refractivity contribution in [3.05, 3.63) is 16.1 Å². The second kappa shape index (κ2) is 9.25. The summed E-state index contributed by atoms with van der Waals surface area (Å²) in [6.45, 7) is 6.37. The van der Waals surface area contributed by atoms with Crippen molar-refractivity contribution in [2.24, 2.45) is 11.7 Å². The molecule has 0 aromatic carbocycles. The summed E-state index contributed by atoms with van der Waals surface area (Å²) in [5.41, 5.74) is 5.99. The molecular weight excluding hydrogens is 286 g/mol. The van der Waals surface area contributed by atoms with Crippen molar-refractivity contribution in [3.63, 3.8) is 0 Å². The average molecular weight is 308 g/mol. The van der Waals surface area contributed by atoms with E-state index < -0.39 is 0 Å². The third-order valence-electron chi connectivity index (χ3n) is 2.38. The molecule has 0 radical (unpaired) electrons. The smallest absolute Gasteiger partial charge is 0.273 e. The molecule has 0 saturated heterocycles. The molecule has 7 heteroatoms. The zero-order valence-corrected chi connectivity index (χ0v) is 13.2. The summed E-state index contributed by atoms with van der Waals surface area (Å²) >= 11 is 1.42. The van der Waals surface area contributed by atoms with Gasteiger partial charge < -0.3 is 15.4 Å². The fourth-order valence-corrected chi connectivity index (χ4v) is 2.23. The third-order valence-corrected chi connectivity index (χ3v) is 3.25. The van der Waals surface area contributed by atoms with Crippen LogP contribution in [0.2, 0.25) is 0 Å². The first-order chi connectivity index (χ1) is 8.58. The number of rotatable bonds is 7. The molecule has 19 heavy (non-hydrogen) atoms. The van der Waals surface area contributed by atoms with Gasteiger partial charge in [-0.15, -0.1) is 23.7 Å². The number of nitrogens with two attached hydrogens (primary N) is 1. The molecule has 1 amide bonds. The second-order valence-electron chi connectivity index (χ2n) is 4.47. The van der Waals surface area contributed by atoms with E-state index in [0.717, 1.165) is 5.01 Å². The van der Waals surface area contributed by atoms with Crippen LogP contribution < -0.4 is 5.73 Å². The van der Waals surface area contributed by atoms with Gasteiger partial charge in [0.2, 0.25) is 0 Å². The van der Waals surface area contributed by atoms with Crippen LogP contribution in [0.4, 0.5) is 0 Å². The summed E-state index contributed by atoms with van der Waals surface area (Å²) in [4.78, 5) is 18.3. The first-order valence-corrected chi connectivity index (χ1v) is 6.89. The standard InChI is InChI=1S/C12H21N3O2S.ClH/c1-9(2)7-15(4-5-17-3)12(16)10-8-18-11(6-13)14-10;/h8-9H,4-7,13H2,1-3H3;1H. The maximum atomic E-state index is 12.3. The van der Waals surface area contributed by atoms with Crippen molar-refractivity contribution in [2.45, 2.75) is 20.4 Å². The molecule has 0 bridgehead atoms. The molecule has 5 nitrogen and oxygen atoms in total. The van der Waals surface area contributed by atoms with Crippen molar-refractivity contribution in [2.75, 3.05) is 26.8 Å². The van der Waals surface area contributed by atoms with Crippen LogP contribution >= 0.6 is 23.7 Å². The lowest BCUT2D eigenvalue weighted by Crippen LogP contribution is -2.37. The fourth-order valence-electron chi connectivity index (χ4n) is 1.58. The van der Waals surface area contributed by atoms with Gasteiger partial charge in [-0.3, -0.25) is 4.79 Å². The average Bonchev–Trinajstić information content (AvgIpc) is 2.81. The highest BCUT2D eigenvalue weighted by atomic mass is 35.5. The van der Waals surface area contributed by atoms with Gasteiger partial charge in [-0.05, 0) is 5.92 Å². The molecule has 2 N–H and O–H groups in total. The molecular formula is C12H22ClN3O2S. The number of carbonyl (C=O) groups excluding carboxylic acids is 1. The molecule has 0 aliphatic heterocycles. The zero-order valence-electron chi connectivity index (χ0n) is 11.6. The molecule has 0 fully saturated rings. The van der Waals surface area contributed by atoms with Crippen molar-refractivity contribution >= 4 is 29.7 Å². The highest BCUT2D eigenvalue weighted by molar-refractivity contribution is 7.09. The van der Waals surface area contributed by atoms with E-state index in [9.17, 15) is 4.79 Å². The van der Waals surface area contributed by atoms with Gasteiger partial charge in [-0.2, -0.15) is 0 Å².